The molecule has 0 saturated carbocycles. The third-order valence-corrected chi connectivity index (χ3v) is 5.61. The second-order valence-corrected chi connectivity index (χ2v) is 7.95. The third kappa shape index (κ3) is 5.05. The Hall–Kier alpha value is -3.06. The molecular weight excluding hydrogens is 430 g/mol. The fraction of sp³-hybridized carbons (Fsp3) is 0.375. The number of fused-ring (bicyclic) bond motifs is 1. The molecule has 0 radical (unpaired) electrons. The summed E-state index contributed by atoms with van der Waals surface area (Å²) in [6, 6.07) is 11.3. The molecule has 1 aliphatic rings. The minimum Gasteiger partial charge on any atom is -0.490 e. The molecule has 32 heavy (non-hydrogen) atoms. The van der Waals surface area contributed by atoms with Crippen molar-refractivity contribution in [1.29, 1.82) is 0 Å². The van der Waals surface area contributed by atoms with E-state index >= 15 is 0 Å². The van der Waals surface area contributed by atoms with E-state index in [-0.39, 0.29) is 5.91 Å². The number of rotatable bonds is 8. The molecule has 7 nitrogen and oxygen atoms in total. The highest BCUT2D eigenvalue weighted by atomic mass is 35.5. The van der Waals surface area contributed by atoms with Crippen molar-refractivity contribution in [3.8, 4) is 22.9 Å². The minimum absolute atomic E-state index is 0.0636. The normalized spacial score (nSPS) is 13.0. The van der Waals surface area contributed by atoms with Crippen molar-refractivity contribution in [3.05, 3.63) is 58.4 Å². The Morgan fingerprint density at radius 3 is 2.47 bits per heavy atom. The second-order valence-electron chi connectivity index (χ2n) is 7.52. The molecule has 0 fully saturated rings. The van der Waals surface area contributed by atoms with E-state index in [2.05, 4.69) is 10.1 Å². The number of carbonyl (C=O) groups is 1. The van der Waals surface area contributed by atoms with E-state index in [1.807, 2.05) is 43.0 Å². The zero-order valence-corrected chi connectivity index (χ0v) is 19.0. The quantitative estimate of drug-likeness (QED) is 0.489. The number of hydrogen-bond donors (Lipinski definition) is 0. The van der Waals surface area contributed by atoms with Crippen LogP contribution in [-0.2, 0) is 24.2 Å². The Labute approximate surface area is 192 Å². The number of ether oxygens (including phenoxy) is 2. The number of hydrogen-bond acceptors (Lipinski definition) is 6. The zero-order chi connectivity index (χ0) is 22.5. The lowest BCUT2D eigenvalue weighted by atomic mass is 9.98. The maximum absolute atomic E-state index is 12.8. The van der Waals surface area contributed by atoms with Gasteiger partial charge < -0.3 is 18.9 Å². The van der Waals surface area contributed by atoms with E-state index in [4.69, 9.17) is 25.6 Å². The maximum atomic E-state index is 12.8. The first-order valence-electron chi connectivity index (χ1n) is 10.8. The summed E-state index contributed by atoms with van der Waals surface area (Å²) in [4.78, 5) is 19.1. The second kappa shape index (κ2) is 10.0. The first-order chi connectivity index (χ1) is 15.6. The van der Waals surface area contributed by atoms with E-state index in [1.165, 1.54) is 5.56 Å². The van der Waals surface area contributed by atoms with E-state index in [9.17, 15) is 4.79 Å². The third-order valence-electron chi connectivity index (χ3n) is 5.35. The molecule has 0 spiro atoms. The Morgan fingerprint density at radius 1 is 1.09 bits per heavy atom. The van der Waals surface area contributed by atoms with E-state index in [0.717, 1.165) is 29.0 Å². The lowest BCUT2D eigenvalue weighted by Gasteiger charge is -2.30. The summed E-state index contributed by atoms with van der Waals surface area (Å²) in [5.41, 5.74) is 3.12. The number of nitrogens with zero attached hydrogens (tertiary/aromatic N) is 3. The monoisotopic (exact) mass is 455 g/mol. The van der Waals surface area contributed by atoms with Gasteiger partial charge in [0.2, 0.25) is 17.6 Å². The fourth-order valence-electron chi connectivity index (χ4n) is 3.76. The molecule has 1 aromatic heterocycles. The summed E-state index contributed by atoms with van der Waals surface area (Å²) in [6.07, 6.45) is 1.50. The lowest BCUT2D eigenvalue weighted by molar-refractivity contribution is -0.132. The number of benzene rings is 2. The van der Waals surface area contributed by atoms with Crippen LogP contribution in [0.25, 0.3) is 11.4 Å². The molecule has 1 aliphatic heterocycles. The number of aryl methyl sites for hydroxylation is 1. The van der Waals surface area contributed by atoms with Gasteiger partial charge in [0.05, 0.1) is 13.2 Å². The van der Waals surface area contributed by atoms with Crippen molar-refractivity contribution in [2.24, 2.45) is 0 Å². The van der Waals surface area contributed by atoms with Crippen molar-refractivity contribution < 1.29 is 18.8 Å². The summed E-state index contributed by atoms with van der Waals surface area (Å²) in [5.74, 6) is 2.49. The standard InChI is InChI=1S/C24H26ClN3O4/c1-3-30-20-13-17-11-12-28(15-18(17)14-21(20)31-4-2)23(29)10-9-22-26-24(27-32-22)16-5-7-19(25)8-6-16/h5-8,13-14H,3-4,9-12,15H2,1-2H3. The predicted octanol–water partition coefficient (Wildman–Crippen LogP) is 4.70. The highest BCUT2D eigenvalue weighted by Gasteiger charge is 2.23. The Kier molecular flexibility index (Phi) is 6.95. The maximum Gasteiger partial charge on any atom is 0.227 e. The predicted molar refractivity (Wildman–Crippen MR) is 121 cm³/mol. The van der Waals surface area contributed by atoms with Crippen LogP contribution in [0.3, 0.4) is 0 Å². The van der Waals surface area contributed by atoms with Crippen molar-refractivity contribution in [2.75, 3.05) is 19.8 Å². The topological polar surface area (TPSA) is 77.7 Å². The van der Waals surface area contributed by atoms with Crippen LogP contribution in [0.2, 0.25) is 5.02 Å². The summed E-state index contributed by atoms with van der Waals surface area (Å²) in [6.45, 7) is 6.27. The smallest absolute Gasteiger partial charge is 0.227 e. The highest BCUT2D eigenvalue weighted by molar-refractivity contribution is 6.30. The molecular formula is C24H26ClN3O4. The first-order valence-corrected chi connectivity index (χ1v) is 11.2. The van der Waals surface area contributed by atoms with Crippen molar-refractivity contribution in [2.45, 2.75) is 39.7 Å². The minimum atomic E-state index is 0.0636. The molecule has 4 rings (SSSR count). The molecule has 0 N–H and O–H groups in total. The largest absolute Gasteiger partial charge is 0.490 e. The van der Waals surface area contributed by atoms with Gasteiger partial charge in [0, 0.05) is 36.5 Å². The molecule has 3 aromatic rings. The zero-order valence-electron chi connectivity index (χ0n) is 18.3. The average Bonchev–Trinajstić information content (AvgIpc) is 3.27. The molecule has 0 atom stereocenters. The van der Waals surface area contributed by atoms with Crippen LogP contribution in [0.15, 0.2) is 40.9 Å². The van der Waals surface area contributed by atoms with Crippen LogP contribution in [0.5, 0.6) is 11.5 Å². The van der Waals surface area contributed by atoms with Crippen LogP contribution < -0.4 is 9.47 Å². The van der Waals surface area contributed by atoms with Gasteiger partial charge in [-0.1, -0.05) is 16.8 Å². The first kappa shape index (κ1) is 22.1. The Morgan fingerprint density at radius 2 is 1.78 bits per heavy atom. The molecule has 0 saturated heterocycles. The van der Waals surface area contributed by atoms with Crippen molar-refractivity contribution in [1.82, 2.24) is 15.0 Å². The highest BCUT2D eigenvalue weighted by Crippen LogP contribution is 2.34. The molecule has 0 bridgehead atoms. The van der Waals surface area contributed by atoms with E-state index < -0.39 is 0 Å². The van der Waals surface area contributed by atoms with Gasteiger partial charge in [-0.25, -0.2) is 0 Å². The number of aromatic nitrogens is 2. The fourth-order valence-corrected chi connectivity index (χ4v) is 3.88. The lowest BCUT2D eigenvalue weighted by Crippen LogP contribution is -2.36. The van der Waals surface area contributed by atoms with Gasteiger partial charge in [0.15, 0.2) is 11.5 Å². The van der Waals surface area contributed by atoms with Crippen LogP contribution in [0.4, 0.5) is 0 Å². The average molecular weight is 456 g/mol. The van der Waals surface area contributed by atoms with Gasteiger partial charge in [-0.3, -0.25) is 4.79 Å². The molecule has 0 aliphatic carbocycles. The van der Waals surface area contributed by atoms with Gasteiger partial charge in [0.1, 0.15) is 0 Å². The Balaban J connectivity index is 1.38. The molecule has 0 unspecified atom stereocenters. The van der Waals surface area contributed by atoms with Gasteiger partial charge >= 0.3 is 0 Å². The number of carbonyl (C=O) groups excluding carboxylic acids is 1. The summed E-state index contributed by atoms with van der Waals surface area (Å²) in [7, 11) is 0. The molecule has 2 heterocycles. The van der Waals surface area contributed by atoms with Crippen LogP contribution in [-0.4, -0.2) is 40.7 Å². The number of amides is 1. The van der Waals surface area contributed by atoms with Crippen LogP contribution in [0, 0.1) is 0 Å². The molecule has 168 valence electrons. The Bertz CT molecular complexity index is 1080. The van der Waals surface area contributed by atoms with Gasteiger partial charge in [0.25, 0.3) is 0 Å². The van der Waals surface area contributed by atoms with Crippen molar-refractivity contribution in [3.63, 3.8) is 0 Å². The molecule has 1 amide bonds. The van der Waals surface area contributed by atoms with Gasteiger partial charge in [-0.15, -0.1) is 0 Å². The van der Waals surface area contributed by atoms with E-state index in [1.54, 1.807) is 12.1 Å². The summed E-state index contributed by atoms with van der Waals surface area (Å²) >= 11 is 5.92. The van der Waals surface area contributed by atoms with E-state index in [0.29, 0.717) is 55.9 Å². The summed E-state index contributed by atoms with van der Waals surface area (Å²) < 4.78 is 16.8. The van der Waals surface area contributed by atoms with Crippen molar-refractivity contribution >= 4 is 17.5 Å². The molecule has 8 heteroatoms. The van der Waals surface area contributed by atoms with Crippen LogP contribution >= 0.6 is 11.6 Å². The van der Waals surface area contributed by atoms with Gasteiger partial charge in [-0.05, 0) is 67.8 Å². The summed E-state index contributed by atoms with van der Waals surface area (Å²) in [5, 5.41) is 4.65. The van der Waals surface area contributed by atoms with Gasteiger partial charge in [-0.2, -0.15) is 4.98 Å². The van der Waals surface area contributed by atoms with Crippen LogP contribution in [0.1, 0.15) is 37.3 Å². The molecule has 2 aromatic carbocycles. The SMILES string of the molecule is CCOc1cc2c(cc1OCC)CN(C(=O)CCc1nc(-c3ccc(Cl)cc3)no1)CC2. The number of halogens is 1.